The summed E-state index contributed by atoms with van der Waals surface area (Å²) in [5.74, 6) is -0.241. The maximum atomic E-state index is 11.3. The van der Waals surface area contributed by atoms with Gasteiger partial charge in [0.25, 0.3) is 6.47 Å². The summed E-state index contributed by atoms with van der Waals surface area (Å²) in [4.78, 5) is 33.6. The number of methoxy groups -OCH3 is 1. The van der Waals surface area contributed by atoms with E-state index in [1.807, 2.05) is 24.3 Å². The summed E-state index contributed by atoms with van der Waals surface area (Å²) in [6.07, 6.45) is 2.09. The van der Waals surface area contributed by atoms with Crippen LogP contribution >= 0.6 is 23.4 Å². The highest BCUT2D eigenvalue weighted by Crippen LogP contribution is 2.32. The molecule has 2 aromatic rings. The Hall–Kier alpha value is -2.49. The number of thioether (sulfide) groups is 1. The van der Waals surface area contributed by atoms with Crippen LogP contribution in [0.15, 0.2) is 49.5 Å². The normalized spacial score (nSPS) is 17.6. The number of halogens is 1. The number of benzene rings is 1. The van der Waals surface area contributed by atoms with E-state index in [4.69, 9.17) is 25.2 Å². The fourth-order valence-electron chi connectivity index (χ4n) is 3.10. The second-order valence-electron chi connectivity index (χ2n) is 6.71. The molecule has 0 radical (unpaired) electrons. The quantitative estimate of drug-likeness (QED) is 0.481. The second-order valence-corrected chi connectivity index (χ2v) is 8.31. The van der Waals surface area contributed by atoms with E-state index in [-0.39, 0.29) is 5.25 Å². The Labute approximate surface area is 188 Å². The molecule has 10 heteroatoms. The third kappa shape index (κ3) is 7.93. The second kappa shape index (κ2) is 12.4. The van der Waals surface area contributed by atoms with Crippen LogP contribution in [0.25, 0.3) is 0 Å². The van der Waals surface area contributed by atoms with Crippen LogP contribution in [0.1, 0.15) is 23.5 Å². The van der Waals surface area contributed by atoms with Crippen molar-refractivity contribution in [2.24, 2.45) is 0 Å². The zero-order valence-corrected chi connectivity index (χ0v) is 18.8. The third-order valence-electron chi connectivity index (χ3n) is 4.54. The van der Waals surface area contributed by atoms with Crippen molar-refractivity contribution in [1.29, 1.82) is 0 Å². The van der Waals surface area contributed by atoms with Crippen LogP contribution in [0.3, 0.4) is 0 Å². The lowest BCUT2D eigenvalue weighted by atomic mass is 10.0. The molecule has 8 nitrogen and oxygen atoms in total. The summed E-state index contributed by atoms with van der Waals surface area (Å²) < 4.78 is 13.8. The first kappa shape index (κ1) is 24.8. The van der Waals surface area contributed by atoms with E-state index in [1.165, 1.54) is 13.2 Å². The molecule has 1 aromatic carbocycles. The number of aliphatic carboxylic acids is 1. The number of ether oxygens (including phenoxy) is 1. The first-order chi connectivity index (χ1) is 14.8. The highest BCUT2D eigenvalue weighted by atomic mass is 35.5. The lowest BCUT2D eigenvalue weighted by Gasteiger charge is -2.34. The average Bonchev–Trinajstić information content (AvgIpc) is 3.06. The van der Waals surface area contributed by atoms with Crippen molar-refractivity contribution in [2.75, 3.05) is 20.2 Å². The zero-order chi connectivity index (χ0) is 22.8. The van der Waals surface area contributed by atoms with Gasteiger partial charge in [0.2, 0.25) is 0 Å². The molecule has 31 heavy (non-hydrogen) atoms. The summed E-state index contributed by atoms with van der Waals surface area (Å²) in [5, 5.41) is 9.99. The molecule has 1 N–H and O–H groups in total. The van der Waals surface area contributed by atoms with E-state index in [1.54, 1.807) is 18.7 Å². The standard InChI is InChI=1S/C19H20ClNO5S.C2H4O2/c1-12-16(26-19(24)25-12)11-27-17-6-7-21(10-14(17)8-18(22)23)9-13-4-2-3-5-15(13)20;1-4-2-3/h2-5,8,17H,6-7,9-11H2,1H3,(H,22,23);2H,1H3/b14-8+;. The van der Waals surface area contributed by atoms with Crippen LogP contribution in [0, 0.1) is 6.92 Å². The van der Waals surface area contributed by atoms with Crippen molar-refractivity contribution in [2.45, 2.75) is 30.9 Å². The lowest BCUT2D eigenvalue weighted by molar-refractivity contribution is -0.131. The first-order valence-electron chi connectivity index (χ1n) is 9.40. The minimum atomic E-state index is -0.957. The molecule has 0 bridgehead atoms. The fraction of sp³-hybridized carbons (Fsp3) is 0.381. The number of nitrogens with zero attached hydrogens (tertiary/aromatic N) is 1. The Bertz CT molecular complexity index is 969. The number of rotatable bonds is 7. The van der Waals surface area contributed by atoms with E-state index >= 15 is 0 Å². The molecule has 1 unspecified atom stereocenters. The largest absolute Gasteiger partial charge is 0.519 e. The molecule has 1 aromatic heterocycles. The molecule has 0 spiro atoms. The molecular weight excluding hydrogens is 446 g/mol. The van der Waals surface area contributed by atoms with Gasteiger partial charge in [-0.25, -0.2) is 9.59 Å². The van der Waals surface area contributed by atoms with E-state index in [9.17, 15) is 14.7 Å². The molecule has 1 aliphatic heterocycles. The lowest BCUT2D eigenvalue weighted by Crippen LogP contribution is -2.36. The van der Waals surface area contributed by atoms with Crippen LogP contribution < -0.4 is 5.82 Å². The zero-order valence-electron chi connectivity index (χ0n) is 17.2. The van der Waals surface area contributed by atoms with Crippen molar-refractivity contribution in [1.82, 2.24) is 4.90 Å². The van der Waals surface area contributed by atoms with Gasteiger partial charge < -0.3 is 18.7 Å². The number of likely N-dealkylation sites (tertiary alicyclic amines) is 1. The van der Waals surface area contributed by atoms with Gasteiger partial charge in [0.15, 0.2) is 5.76 Å². The molecule has 1 saturated heterocycles. The van der Waals surface area contributed by atoms with Crippen molar-refractivity contribution in [3.63, 3.8) is 0 Å². The Morgan fingerprint density at radius 2 is 2.10 bits per heavy atom. The summed E-state index contributed by atoms with van der Waals surface area (Å²) in [6, 6.07) is 7.67. The van der Waals surface area contributed by atoms with Gasteiger partial charge in [-0.2, -0.15) is 0 Å². The van der Waals surface area contributed by atoms with Crippen molar-refractivity contribution < 1.29 is 28.3 Å². The third-order valence-corrected chi connectivity index (χ3v) is 6.27. The van der Waals surface area contributed by atoms with Crippen molar-refractivity contribution >= 4 is 35.8 Å². The molecule has 0 saturated carbocycles. The van der Waals surface area contributed by atoms with Crippen LogP contribution in [0.5, 0.6) is 0 Å². The number of carboxylic acid groups (broad SMARTS) is 1. The molecule has 168 valence electrons. The average molecular weight is 470 g/mol. The summed E-state index contributed by atoms with van der Waals surface area (Å²) in [6.45, 7) is 4.11. The van der Waals surface area contributed by atoms with Crippen LogP contribution in [0.4, 0.5) is 0 Å². The van der Waals surface area contributed by atoms with Crippen molar-refractivity contribution in [3.05, 3.63) is 68.6 Å². The van der Waals surface area contributed by atoms with Gasteiger partial charge in [0.05, 0.1) is 12.9 Å². The predicted octanol–water partition coefficient (Wildman–Crippen LogP) is 3.50. The molecular formula is C21H24ClNO7S. The van der Waals surface area contributed by atoms with E-state index in [0.29, 0.717) is 41.9 Å². The van der Waals surface area contributed by atoms with Crippen LogP contribution in [-0.4, -0.2) is 47.9 Å². The number of aryl methyl sites for hydroxylation is 1. The topological polar surface area (TPSA) is 110 Å². The molecule has 1 aliphatic rings. The molecule has 3 rings (SSSR count). The SMILES string of the molecule is COC=O.Cc1oc(=O)oc1CSC1CCN(Cc2ccccc2Cl)C/C1=C\C(=O)O. The maximum Gasteiger partial charge on any atom is 0.519 e. The molecule has 1 fully saturated rings. The summed E-state index contributed by atoms with van der Waals surface area (Å²) >= 11 is 7.81. The number of hydrogen-bond acceptors (Lipinski definition) is 8. The molecule has 0 aliphatic carbocycles. The number of carbonyl (C=O) groups excluding carboxylic acids is 1. The minimum absolute atomic E-state index is 0.0446. The van der Waals surface area contributed by atoms with Gasteiger partial charge >= 0.3 is 11.8 Å². The van der Waals surface area contributed by atoms with E-state index < -0.39 is 11.8 Å². The smallest absolute Gasteiger partial charge is 0.478 e. The first-order valence-corrected chi connectivity index (χ1v) is 10.8. The Morgan fingerprint density at radius 3 is 2.68 bits per heavy atom. The fourth-order valence-corrected chi connectivity index (χ4v) is 4.54. The van der Waals surface area contributed by atoms with Gasteiger partial charge in [-0.1, -0.05) is 29.8 Å². The number of carbonyl (C=O) groups is 2. The summed E-state index contributed by atoms with van der Waals surface area (Å²) in [7, 11) is 1.31. The molecule has 1 atom stereocenters. The molecule has 0 amide bonds. The Kier molecular flexibility index (Phi) is 9.90. The van der Waals surface area contributed by atoms with Crippen LogP contribution in [-0.2, 0) is 26.6 Å². The van der Waals surface area contributed by atoms with Gasteiger partial charge in [-0.15, -0.1) is 11.8 Å². The van der Waals surface area contributed by atoms with E-state index in [0.717, 1.165) is 24.1 Å². The Morgan fingerprint density at radius 1 is 1.39 bits per heavy atom. The highest BCUT2D eigenvalue weighted by molar-refractivity contribution is 7.99. The van der Waals surface area contributed by atoms with E-state index in [2.05, 4.69) is 9.64 Å². The van der Waals surface area contributed by atoms with Crippen molar-refractivity contribution in [3.8, 4) is 0 Å². The number of carboxylic acids is 1. The Balaban J connectivity index is 0.000000785. The number of piperidine rings is 1. The summed E-state index contributed by atoms with van der Waals surface area (Å²) in [5.41, 5.74) is 1.87. The predicted molar refractivity (Wildman–Crippen MR) is 117 cm³/mol. The van der Waals surface area contributed by atoms with Gasteiger partial charge in [0.1, 0.15) is 5.76 Å². The van der Waals surface area contributed by atoms with Gasteiger partial charge in [-0.3, -0.25) is 9.69 Å². The monoisotopic (exact) mass is 469 g/mol. The highest BCUT2D eigenvalue weighted by Gasteiger charge is 2.26. The molecule has 2 heterocycles. The van der Waals surface area contributed by atoms with Gasteiger partial charge in [0, 0.05) is 36.0 Å². The maximum absolute atomic E-state index is 11.3. The minimum Gasteiger partial charge on any atom is -0.478 e. The van der Waals surface area contributed by atoms with Crippen LogP contribution in [0.2, 0.25) is 5.02 Å². The van der Waals surface area contributed by atoms with Gasteiger partial charge in [-0.05, 0) is 30.5 Å². The number of hydrogen-bond donors (Lipinski definition) is 1.